The molecule has 1 aromatic heterocycles. The fraction of sp³-hybridized carbons (Fsp3) is 0.429. The van der Waals surface area contributed by atoms with E-state index in [1.165, 1.54) is 4.90 Å². The minimum absolute atomic E-state index is 0.132. The molecule has 3 amide bonds. The molecular weight excluding hydrogens is 534 g/mol. The lowest BCUT2D eigenvalue weighted by Crippen LogP contribution is -2.53. The van der Waals surface area contributed by atoms with Gasteiger partial charge in [0.2, 0.25) is 0 Å². The van der Waals surface area contributed by atoms with E-state index in [0.717, 1.165) is 71.3 Å². The van der Waals surface area contributed by atoms with Crippen LogP contribution in [0.2, 0.25) is 0 Å². The molecule has 2 N–H and O–H groups in total. The molecule has 37 heavy (non-hydrogen) atoms. The molecule has 2 fully saturated rings. The first-order valence-electron chi connectivity index (χ1n) is 12.9. The van der Waals surface area contributed by atoms with Crippen LogP contribution >= 0.6 is 15.9 Å². The average molecular weight is 567 g/mol. The second kappa shape index (κ2) is 9.15. The van der Waals surface area contributed by atoms with Gasteiger partial charge in [-0.3, -0.25) is 14.6 Å². The highest BCUT2D eigenvalue weighted by Crippen LogP contribution is 2.49. The van der Waals surface area contributed by atoms with Crippen LogP contribution in [0.4, 0.5) is 4.79 Å². The molecule has 0 radical (unpaired) electrons. The second-order valence-electron chi connectivity index (χ2n) is 10.8. The fourth-order valence-corrected chi connectivity index (χ4v) is 6.61. The number of nitrogens with one attached hydrogen (secondary N) is 1. The summed E-state index contributed by atoms with van der Waals surface area (Å²) in [5.41, 5.74) is 2.68. The maximum atomic E-state index is 14.0. The number of aromatic nitrogens is 1. The van der Waals surface area contributed by atoms with Gasteiger partial charge in [0.05, 0.1) is 0 Å². The van der Waals surface area contributed by atoms with E-state index in [9.17, 15) is 14.7 Å². The molecule has 0 bridgehead atoms. The van der Waals surface area contributed by atoms with Crippen LogP contribution in [0.15, 0.2) is 46.9 Å². The molecule has 8 nitrogen and oxygen atoms in total. The smallest absolute Gasteiger partial charge is 0.328 e. The van der Waals surface area contributed by atoms with Crippen LogP contribution in [-0.4, -0.2) is 93.5 Å². The second-order valence-corrected chi connectivity index (χ2v) is 11.7. The zero-order valence-corrected chi connectivity index (χ0v) is 22.8. The van der Waals surface area contributed by atoms with Crippen LogP contribution in [0, 0.1) is 0 Å². The summed E-state index contributed by atoms with van der Waals surface area (Å²) in [6, 6.07) is 12.3. The van der Waals surface area contributed by atoms with E-state index in [4.69, 9.17) is 0 Å². The summed E-state index contributed by atoms with van der Waals surface area (Å²) in [4.78, 5) is 39.4. The van der Waals surface area contributed by atoms with Crippen LogP contribution in [0.25, 0.3) is 10.9 Å². The molecule has 2 saturated heterocycles. The molecule has 0 unspecified atom stereocenters. The monoisotopic (exact) mass is 565 g/mol. The Morgan fingerprint density at radius 2 is 1.86 bits per heavy atom. The number of benzene rings is 2. The summed E-state index contributed by atoms with van der Waals surface area (Å²) in [6.45, 7) is 7.28. The van der Waals surface area contributed by atoms with Gasteiger partial charge in [-0.1, -0.05) is 28.1 Å². The van der Waals surface area contributed by atoms with Gasteiger partial charge < -0.3 is 19.9 Å². The van der Waals surface area contributed by atoms with E-state index in [-0.39, 0.29) is 17.7 Å². The number of phenols is 1. The number of hydrogen-bond donors (Lipinski definition) is 2. The number of fused-ring (bicyclic) bond motifs is 4. The number of rotatable bonds is 5. The van der Waals surface area contributed by atoms with E-state index >= 15 is 0 Å². The number of piperazine rings is 1. The van der Waals surface area contributed by atoms with E-state index in [1.54, 1.807) is 23.1 Å². The van der Waals surface area contributed by atoms with E-state index in [1.807, 2.05) is 25.1 Å². The number of phenolic OH excluding ortho intramolecular Hbond substituents is 1. The lowest BCUT2D eigenvalue weighted by Gasteiger charge is -2.42. The molecule has 3 aliphatic rings. The number of nitrogens with zero attached hydrogens (tertiary/aromatic N) is 4. The lowest BCUT2D eigenvalue weighted by molar-refractivity contribution is -0.133. The third-order valence-electron chi connectivity index (χ3n) is 8.27. The summed E-state index contributed by atoms with van der Waals surface area (Å²) in [5, 5.41) is 11.3. The first-order chi connectivity index (χ1) is 17.8. The Bertz CT molecular complexity index is 1380. The van der Waals surface area contributed by atoms with Gasteiger partial charge in [-0.05, 0) is 68.4 Å². The molecule has 0 saturated carbocycles. The van der Waals surface area contributed by atoms with Gasteiger partial charge >= 0.3 is 6.03 Å². The van der Waals surface area contributed by atoms with Crippen molar-refractivity contribution in [1.29, 1.82) is 0 Å². The molecule has 3 aliphatic heterocycles. The van der Waals surface area contributed by atoms with E-state index in [2.05, 4.69) is 43.8 Å². The third-order valence-corrected chi connectivity index (χ3v) is 8.76. The minimum Gasteiger partial charge on any atom is -0.508 e. The van der Waals surface area contributed by atoms with Crippen molar-refractivity contribution in [3.63, 3.8) is 0 Å². The zero-order chi connectivity index (χ0) is 25.9. The molecule has 2 aromatic carbocycles. The molecule has 194 valence electrons. The topological polar surface area (TPSA) is 83.1 Å². The number of H-pyrrole nitrogens is 1. The Morgan fingerprint density at radius 1 is 1.08 bits per heavy atom. The number of amides is 3. The van der Waals surface area contributed by atoms with Crippen LogP contribution < -0.4 is 0 Å². The summed E-state index contributed by atoms with van der Waals surface area (Å²) >= 11 is 3.59. The van der Waals surface area contributed by atoms with Crippen molar-refractivity contribution in [1.82, 2.24) is 24.6 Å². The van der Waals surface area contributed by atoms with Gasteiger partial charge in [0.25, 0.3) is 5.91 Å². The largest absolute Gasteiger partial charge is 0.508 e. The molecule has 3 aromatic rings. The Hall–Kier alpha value is -2.88. The summed E-state index contributed by atoms with van der Waals surface area (Å²) < 4.78 is 0.961. The Labute approximate surface area is 224 Å². The Balaban J connectivity index is 1.36. The predicted molar refractivity (Wildman–Crippen MR) is 146 cm³/mol. The SMILES string of the molecule is CN1CCN(CCCN2C(=O)N3[C@H](c4cccc(O)c4)c4[nH]c5ccc(Br)cc5c4C[C@@]3(C)C2=O)CC1. The molecule has 0 spiro atoms. The fourth-order valence-electron chi connectivity index (χ4n) is 6.25. The number of likely N-dealkylation sites (N-methyl/N-ethyl adjacent to an activating group) is 1. The zero-order valence-electron chi connectivity index (χ0n) is 21.2. The number of carbonyl (C=O) groups excluding carboxylic acids is 2. The molecule has 0 aliphatic carbocycles. The van der Waals surface area contributed by atoms with Gasteiger partial charge in [0.1, 0.15) is 17.3 Å². The van der Waals surface area contributed by atoms with Crippen molar-refractivity contribution in [2.75, 3.05) is 46.3 Å². The molecular formula is C28H32BrN5O3. The van der Waals surface area contributed by atoms with Gasteiger partial charge in [0.15, 0.2) is 0 Å². The third kappa shape index (κ3) is 4.04. The van der Waals surface area contributed by atoms with Crippen molar-refractivity contribution in [2.24, 2.45) is 0 Å². The maximum absolute atomic E-state index is 14.0. The Kier molecular flexibility index (Phi) is 6.05. The number of aromatic hydroxyl groups is 1. The van der Waals surface area contributed by atoms with Crippen LogP contribution in [0.3, 0.4) is 0 Å². The molecule has 6 rings (SSSR count). The van der Waals surface area contributed by atoms with Crippen molar-refractivity contribution >= 4 is 38.8 Å². The first-order valence-corrected chi connectivity index (χ1v) is 13.7. The number of aromatic amines is 1. The highest BCUT2D eigenvalue weighted by atomic mass is 79.9. The standard InChI is InChI=1S/C28H32BrN5O3/c1-28-17-22-21-16-19(29)7-8-23(21)30-24(22)25(18-5-3-6-20(35)15-18)34(28)27(37)33(26(28)36)10-4-9-32-13-11-31(2)12-14-32/h3,5-8,15-16,25,30,35H,4,9-14,17H2,1-2H3/t25-,28+/m1/s1. The quantitative estimate of drug-likeness (QED) is 0.458. The number of urea groups is 1. The summed E-state index contributed by atoms with van der Waals surface area (Å²) in [7, 11) is 2.13. The first kappa shape index (κ1) is 24.5. The number of carbonyl (C=O) groups is 2. The van der Waals surface area contributed by atoms with Gasteiger partial charge in [-0.2, -0.15) is 0 Å². The van der Waals surface area contributed by atoms with Crippen molar-refractivity contribution < 1.29 is 14.7 Å². The van der Waals surface area contributed by atoms with Crippen molar-refractivity contribution in [3.05, 3.63) is 63.8 Å². The van der Waals surface area contributed by atoms with Crippen LogP contribution in [0.1, 0.15) is 36.2 Å². The summed E-state index contributed by atoms with van der Waals surface area (Å²) in [5.74, 6) is -0.0109. The average Bonchev–Trinajstić information content (AvgIpc) is 3.31. The van der Waals surface area contributed by atoms with Crippen molar-refractivity contribution in [2.45, 2.75) is 31.3 Å². The highest BCUT2D eigenvalue weighted by molar-refractivity contribution is 9.10. The van der Waals surface area contributed by atoms with Crippen LogP contribution in [0.5, 0.6) is 5.75 Å². The van der Waals surface area contributed by atoms with Gasteiger partial charge in [-0.15, -0.1) is 0 Å². The van der Waals surface area contributed by atoms with Gasteiger partial charge in [0, 0.05) is 60.2 Å². The Morgan fingerprint density at radius 3 is 2.62 bits per heavy atom. The van der Waals surface area contributed by atoms with Crippen LogP contribution in [-0.2, 0) is 11.2 Å². The van der Waals surface area contributed by atoms with E-state index < -0.39 is 11.6 Å². The summed E-state index contributed by atoms with van der Waals surface area (Å²) in [6.07, 6.45) is 1.19. The molecule has 4 heterocycles. The number of imide groups is 1. The lowest BCUT2D eigenvalue weighted by atomic mass is 9.81. The predicted octanol–water partition coefficient (Wildman–Crippen LogP) is 3.94. The highest BCUT2D eigenvalue weighted by Gasteiger charge is 2.60. The molecule has 2 atom stereocenters. The normalized spacial score (nSPS) is 24.7. The number of halogens is 1. The van der Waals surface area contributed by atoms with Crippen molar-refractivity contribution in [3.8, 4) is 5.75 Å². The number of hydrogen-bond acceptors (Lipinski definition) is 5. The maximum Gasteiger partial charge on any atom is 0.328 e. The molecule has 9 heteroatoms. The van der Waals surface area contributed by atoms with Gasteiger partial charge in [-0.25, -0.2) is 4.79 Å². The van der Waals surface area contributed by atoms with E-state index in [0.29, 0.717) is 13.0 Å². The minimum atomic E-state index is -1.01.